The highest BCUT2D eigenvalue weighted by Gasteiger charge is 1.95. The highest BCUT2D eigenvalue weighted by molar-refractivity contribution is 6.28. The molecule has 5 heteroatoms. The molecular formula is C12H17ClN2O2. The van der Waals surface area contributed by atoms with E-state index in [2.05, 4.69) is 4.99 Å². The molecule has 0 saturated carbocycles. The average molecular weight is 257 g/mol. The van der Waals surface area contributed by atoms with Crippen LogP contribution >= 0.6 is 11.6 Å². The van der Waals surface area contributed by atoms with E-state index in [9.17, 15) is 0 Å². The summed E-state index contributed by atoms with van der Waals surface area (Å²) in [5.74, 6) is 1.41. The van der Waals surface area contributed by atoms with Crippen LogP contribution in [0.3, 0.4) is 0 Å². The van der Waals surface area contributed by atoms with Crippen molar-refractivity contribution in [2.75, 3.05) is 25.7 Å². The quantitative estimate of drug-likeness (QED) is 0.353. The normalized spacial score (nSPS) is 11.5. The SMILES string of the molecule is CCOCCOc1ccc(N=C(N)CCl)cc1. The number of ether oxygens (including phenoxy) is 2. The smallest absolute Gasteiger partial charge is 0.119 e. The lowest BCUT2D eigenvalue weighted by atomic mass is 10.3. The molecule has 0 atom stereocenters. The monoisotopic (exact) mass is 256 g/mol. The molecule has 0 aliphatic carbocycles. The fourth-order valence-corrected chi connectivity index (χ4v) is 1.24. The van der Waals surface area contributed by atoms with E-state index in [0.29, 0.717) is 25.7 Å². The minimum Gasteiger partial charge on any atom is -0.491 e. The maximum absolute atomic E-state index is 5.54. The minimum absolute atomic E-state index is 0.229. The first-order valence-electron chi connectivity index (χ1n) is 5.46. The van der Waals surface area contributed by atoms with Crippen molar-refractivity contribution in [3.05, 3.63) is 24.3 Å². The van der Waals surface area contributed by atoms with Crippen LogP contribution in [0.4, 0.5) is 5.69 Å². The number of nitrogens with zero attached hydrogens (tertiary/aromatic N) is 1. The molecule has 0 unspecified atom stereocenters. The molecule has 0 aliphatic rings. The van der Waals surface area contributed by atoms with Crippen LogP contribution in [0, 0.1) is 0 Å². The van der Waals surface area contributed by atoms with Crippen molar-refractivity contribution in [3.63, 3.8) is 0 Å². The first kappa shape index (κ1) is 13.8. The van der Waals surface area contributed by atoms with Gasteiger partial charge >= 0.3 is 0 Å². The van der Waals surface area contributed by atoms with E-state index in [1.54, 1.807) is 0 Å². The molecule has 0 aromatic heterocycles. The first-order chi connectivity index (χ1) is 8.26. The molecule has 94 valence electrons. The molecule has 1 aromatic rings. The number of benzene rings is 1. The summed E-state index contributed by atoms with van der Waals surface area (Å²) in [5, 5.41) is 0. The Labute approximate surface area is 106 Å². The number of hydrogen-bond donors (Lipinski definition) is 1. The Morgan fingerprint density at radius 2 is 2.00 bits per heavy atom. The van der Waals surface area contributed by atoms with E-state index in [1.807, 2.05) is 31.2 Å². The third-order valence-electron chi connectivity index (χ3n) is 1.95. The van der Waals surface area contributed by atoms with Gasteiger partial charge in [0.15, 0.2) is 0 Å². The number of alkyl halides is 1. The molecule has 0 heterocycles. The Morgan fingerprint density at radius 1 is 1.29 bits per heavy atom. The van der Waals surface area contributed by atoms with Crippen molar-refractivity contribution in [1.29, 1.82) is 0 Å². The molecule has 1 aromatic carbocycles. The van der Waals surface area contributed by atoms with E-state index in [1.165, 1.54) is 0 Å². The van der Waals surface area contributed by atoms with E-state index < -0.39 is 0 Å². The van der Waals surface area contributed by atoms with Crippen LogP contribution in [0.1, 0.15) is 6.92 Å². The Hall–Kier alpha value is -1.26. The van der Waals surface area contributed by atoms with Crippen LogP contribution in [-0.4, -0.2) is 31.5 Å². The van der Waals surface area contributed by atoms with Gasteiger partial charge in [-0.3, -0.25) is 0 Å². The maximum atomic E-state index is 5.54. The van der Waals surface area contributed by atoms with Crippen LogP contribution in [0.25, 0.3) is 0 Å². The van der Waals surface area contributed by atoms with Gasteiger partial charge in [0, 0.05) is 6.61 Å². The lowest BCUT2D eigenvalue weighted by Crippen LogP contribution is -2.12. The third-order valence-corrected chi connectivity index (χ3v) is 2.22. The molecule has 0 aliphatic heterocycles. The molecule has 0 amide bonds. The topological polar surface area (TPSA) is 56.8 Å². The predicted octanol–water partition coefficient (Wildman–Crippen LogP) is 2.33. The average Bonchev–Trinajstić information content (AvgIpc) is 2.36. The van der Waals surface area contributed by atoms with Crippen LogP contribution in [0.15, 0.2) is 29.3 Å². The number of nitrogens with two attached hydrogens (primary N) is 1. The highest BCUT2D eigenvalue weighted by atomic mass is 35.5. The van der Waals surface area contributed by atoms with Crippen molar-refractivity contribution in [3.8, 4) is 5.75 Å². The second-order valence-electron chi connectivity index (χ2n) is 3.28. The van der Waals surface area contributed by atoms with Gasteiger partial charge in [-0.1, -0.05) is 0 Å². The highest BCUT2D eigenvalue weighted by Crippen LogP contribution is 2.18. The largest absolute Gasteiger partial charge is 0.491 e. The van der Waals surface area contributed by atoms with Gasteiger partial charge in [0.2, 0.25) is 0 Å². The molecule has 2 N–H and O–H groups in total. The van der Waals surface area contributed by atoms with Crippen LogP contribution < -0.4 is 10.5 Å². The standard InChI is InChI=1S/C12H17ClN2O2/c1-2-16-7-8-17-11-5-3-10(4-6-11)15-12(14)9-13/h3-6H,2,7-9H2,1H3,(H2,14,15). The van der Waals surface area contributed by atoms with Gasteiger partial charge < -0.3 is 15.2 Å². The number of amidine groups is 1. The maximum Gasteiger partial charge on any atom is 0.119 e. The molecule has 0 bridgehead atoms. The van der Waals surface area contributed by atoms with Gasteiger partial charge in [-0.15, -0.1) is 11.6 Å². The zero-order valence-corrected chi connectivity index (χ0v) is 10.6. The zero-order valence-electron chi connectivity index (χ0n) is 9.86. The summed E-state index contributed by atoms with van der Waals surface area (Å²) >= 11 is 5.54. The molecule has 17 heavy (non-hydrogen) atoms. The summed E-state index contributed by atoms with van der Waals surface area (Å²) in [4.78, 5) is 4.11. The van der Waals surface area contributed by atoms with Crippen molar-refractivity contribution in [2.24, 2.45) is 10.7 Å². The summed E-state index contributed by atoms with van der Waals surface area (Å²) in [6.07, 6.45) is 0. The summed E-state index contributed by atoms with van der Waals surface area (Å²) in [7, 11) is 0. The van der Waals surface area contributed by atoms with Crippen molar-refractivity contribution >= 4 is 23.1 Å². The zero-order chi connectivity index (χ0) is 12.5. The third kappa shape index (κ3) is 5.56. The number of aliphatic imine (C=N–C) groups is 1. The van der Waals surface area contributed by atoms with Crippen molar-refractivity contribution in [2.45, 2.75) is 6.92 Å². The number of hydrogen-bond acceptors (Lipinski definition) is 3. The predicted molar refractivity (Wildman–Crippen MR) is 70.4 cm³/mol. The number of halogens is 1. The van der Waals surface area contributed by atoms with Gasteiger partial charge in [0.05, 0.1) is 18.2 Å². The molecular weight excluding hydrogens is 240 g/mol. The van der Waals surface area contributed by atoms with E-state index in [-0.39, 0.29) is 5.88 Å². The molecule has 0 fully saturated rings. The summed E-state index contributed by atoms with van der Waals surface area (Å²) in [6.45, 7) is 3.79. The second kappa shape index (κ2) is 7.92. The first-order valence-corrected chi connectivity index (χ1v) is 5.99. The fraction of sp³-hybridized carbons (Fsp3) is 0.417. The minimum atomic E-state index is 0.229. The molecule has 4 nitrogen and oxygen atoms in total. The van der Waals surface area contributed by atoms with Crippen molar-refractivity contribution < 1.29 is 9.47 Å². The number of rotatable bonds is 7. The van der Waals surface area contributed by atoms with Gasteiger partial charge in [0.1, 0.15) is 18.2 Å². The summed E-state index contributed by atoms with van der Waals surface area (Å²) in [6, 6.07) is 7.34. The fourth-order valence-electron chi connectivity index (χ4n) is 1.18. The Morgan fingerprint density at radius 3 is 2.59 bits per heavy atom. The Bertz CT molecular complexity index is 352. The molecule has 0 spiro atoms. The van der Waals surface area contributed by atoms with Gasteiger partial charge in [-0.25, -0.2) is 4.99 Å². The summed E-state index contributed by atoms with van der Waals surface area (Å²) in [5.41, 5.74) is 6.29. The van der Waals surface area contributed by atoms with Crippen molar-refractivity contribution in [1.82, 2.24) is 0 Å². The summed E-state index contributed by atoms with van der Waals surface area (Å²) < 4.78 is 10.6. The van der Waals surface area contributed by atoms with Gasteiger partial charge in [-0.05, 0) is 31.2 Å². The van der Waals surface area contributed by atoms with E-state index >= 15 is 0 Å². The van der Waals surface area contributed by atoms with E-state index in [0.717, 1.165) is 11.4 Å². The van der Waals surface area contributed by atoms with E-state index in [4.69, 9.17) is 26.8 Å². The van der Waals surface area contributed by atoms with Gasteiger partial charge in [0.25, 0.3) is 0 Å². The molecule has 0 radical (unpaired) electrons. The Balaban J connectivity index is 2.45. The lowest BCUT2D eigenvalue weighted by molar-refractivity contribution is 0.110. The molecule has 0 saturated heterocycles. The second-order valence-corrected chi connectivity index (χ2v) is 3.54. The van der Waals surface area contributed by atoms with Gasteiger partial charge in [-0.2, -0.15) is 0 Å². The Kier molecular flexibility index (Phi) is 6.43. The molecule has 1 rings (SSSR count). The van der Waals surface area contributed by atoms with Crippen LogP contribution in [-0.2, 0) is 4.74 Å². The lowest BCUT2D eigenvalue weighted by Gasteiger charge is -2.06. The van der Waals surface area contributed by atoms with Crippen LogP contribution in [0.2, 0.25) is 0 Å². The van der Waals surface area contributed by atoms with Crippen LogP contribution in [0.5, 0.6) is 5.75 Å².